The summed E-state index contributed by atoms with van der Waals surface area (Å²) in [6.45, 7) is 17.3. The maximum absolute atomic E-state index is 12.8. The summed E-state index contributed by atoms with van der Waals surface area (Å²) in [5.41, 5.74) is 10.1. The molecule has 6 nitrogen and oxygen atoms in total. The summed E-state index contributed by atoms with van der Waals surface area (Å²) >= 11 is 0. The Kier molecular flexibility index (Phi) is 8.87. The minimum atomic E-state index is -0.157. The van der Waals surface area contributed by atoms with Crippen LogP contribution in [0.5, 0.6) is 0 Å². The minimum Gasteiger partial charge on any atom is -0.469 e. The lowest BCUT2D eigenvalue weighted by Crippen LogP contribution is -2.27. The highest BCUT2D eigenvalue weighted by Gasteiger charge is 2.43. The summed E-state index contributed by atoms with van der Waals surface area (Å²) < 4.78 is 9.55. The third-order valence-electron chi connectivity index (χ3n) is 7.40. The lowest BCUT2D eigenvalue weighted by atomic mass is 9.89. The quantitative estimate of drug-likeness (QED) is 0.533. The molecule has 1 saturated carbocycles. The van der Waals surface area contributed by atoms with Gasteiger partial charge in [0.2, 0.25) is 5.91 Å². The molecular formula is C27H40N2O4. The van der Waals surface area contributed by atoms with E-state index in [0.717, 1.165) is 23.4 Å². The van der Waals surface area contributed by atoms with Crippen molar-refractivity contribution in [2.24, 2.45) is 5.92 Å². The summed E-state index contributed by atoms with van der Waals surface area (Å²) in [5.74, 6) is 1.72. The highest BCUT2D eigenvalue weighted by atomic mass is 16.5. The number of methoxy groups -OCH3 is 1. The molecule has 2 aromatic rings. The van der Waals surface area contributed by atoms with Crippen LogP contribution < -0.4 is 0 Å². The van der Waals surface area contributed by atoms with Gasteiger partial charge in [-0.1, -0.05) is 12.1 Å². The monoisotopic (exact) mass is 456 g/mol. The molecule has 0 spiro atoms. The number of benzene rings is 1. The molecule has 1 aliphatic carbocycles. The molecular weight excluding hydrogens is 416 g/mol. The van der Waals surface area contributed by atoms with Crippen LogP contribution in [-0.4, -0.2) is 36.1 Å². The minimum absolute atomic E-state index is 0.157. The summed E-state index contributed by atoms with van der Waals surface area (Å²) in [7, 11) is 3.31. The predicted molar refractivity (Wildman–Crippen MR) is 130 cm³/mol. The number of esters is 1. The van der Waals surface area contributed by atoms with E-state index >= 15 is 0 Å². The summed E-state index contributed by atoms with van der Waals surface area (Å²) in [6, 6.07) is 0. The van der Waals surface area contributed by atoms with E-state index < -0.39 is 0 Å². The van der Waals surface area contributed by atoms with E-state index in [-0.39, 0.29) is 11.9 Å². The largest absolute Gasteiger partial charge is 0.469 e. The van der Waals surface area contributed by atoms with E-state index in [1.807, 2.05) is 18.9 Å². The molecule has 3 rings (SSSR count). The Balaban J connectivity index is 0.000000569. The Bertz CT molecular complexity index is 987. The van der Waals surface area contributed by atoms with E-state index in [9.17, 15) is 9.59 Å². The number of carbonyl (C=O) groups excluding carboxylic acids is 2. The van der Waals surface area contributed by atoms with E-state index in [2.05, 4.69) is 51.4 Å². The molecule has 33 heavy (non-hydrogen) atoms. The molecule has 1 heterocycles. The molecule has 0 bridgehead atoms. The zero-order chi connectivity index (χ0) is 25.0. The predicted octanol–water partition coefficient (Wildman–Crippen LogP) is 5.56. The Morgan fingerprint density at radius 3 is 1.94 bits per heavy atom. The summed E-state index contributed by atoms with van der Waals surface area (Å²) in [4.78, 5) is 24.7. The molecule has 0 aliphatic heterocycles. The normalized spacial score (nSPS) is 16.7. The standard InChI is InChI=1S/C23H32N2O2.C4H8O2/c1-12-13(2)15(4)21(16(5)14(12)3)11-25(8)22(26)10-19-9-20(19)23-17(6)18(7)27-24-23;1-3-4(5)6-2/h19-20H,9-11H2,1-8H3;3H2,1-2H3. The van der Waals surface area contributed by atoms with Crippen molar-refractivity contribution >= 4 is 11.9 Å². The van der Waals surface area contributed by atoms with Crippen LogP contribution >= 0.6 is 0 Å². The van der Waals surface area contributed by atoms with Gasteiger partial charge >= 0.3 is 5.97 Å². The lowest BCUT2D eigenvalue weighted by molar-refractivity contribution is -0.140. The number of rotatable bonds is 6. The first kappa shape index (κ1) is 26.6. The number of carbonyl (C=O) groups is 2. The molecule has 1 aliphatic rings. The van der Waals surface area contributed by atoms with Gasteiger partial charge in [-0.2, -0.15) is 0 Å². The average Bonchev–Trinajstić information content (AvgIpc) is 3.48. The summed E-state index contributed by atoms with van der Waals surface area (Å²) in [5, 5.41) is 4.20. The van der Waals surface area contributed by atoms with Gasteiger partial charge in [0.1, 0.15) is 5.76 Å². The van der Waals surface area contributed by atoms with Crippen LogP contribution in [0.15, 0.2) is 4.52 Å². The van der Waals surface area contributed by atoms with Crippen LogP contribution in [0.3, 0.4) is 0 Å². The smallest absolute Gasteiger partial charge is 0.305 e. The SMILES string of the molecule is CCC(=O)OC.Cc1onc(C2CC2CC(=O)N(C)Cc2c(C)c(C)c(C)c(C)c2C)c1C. The van der Waals surface area contributed by atoms with Gasteiger partial charge < -0.3 is 14.2 Å². The van der Waals surface area contributed by atoms with Crippen LogP contribution in [0, 0.1) is 54.4 Å². The highest BCUT2D eigenvalue weighted by Crippen LogP contribution is 2.50. The topological polar surface area (TPSA) is 72.6 Å². The van der Waals surface area contributed by atoms with Gasteiger partial charge in [-0.3, -0.25) is 9.59 Å². The molecule has 182 valence electrons. The van der Waals surface area contributed by atoms with Crippen LogP contribution in [0.2, 0.25) is 0 Å². The van der Waals surface area contributed by atoms with Crippen molar-refractivity contribution in [3.05, 3.63) is 50.4 Å². The third kappa shape index (κ3) is 6.04. The molecule has 2 unspecified atom stereocenters. The molecule has 0 radical (unpaired) electrons. The zero-order valence-electron chi connectivity index (χ0n) is 22.0. The second-order valence-corrected chi connectivity index (χ2v) is 9.34. The maximum atomic E-state index is 12.8. The number of amides is 1. The molecule has 1 amide bonds. The van der Waals surface area contributed by atoms with E-state index in [1.54, 1.807) is 6.92 Å². The fourth-order valence-electron chi connectivity index (χ4n) is 4.25. The van der Waals surface area contributed by atoms with Gasteiger partial charge in [0.05, 0.1) is 12.8 Å². The molecule has 1 fully saturated rings. The van der Waals surface area contributed by atoms with Crippen LogP contribution in [0.4, 0.5) is 0 Å². The van der Waals surface area contributed by atoms with Crippen molar-refractivity contribution in [3.63, 3.8) is 0 Å². The fourth-order valence-corrected chi connectivity index (χ4v) is 4.25. The Morgan fingerprint density at radius 1 is 0.970 bits per heavy atom. The molecule has 2 atom stereocenters. The van der Waals surface area contributed by atoms with Gasteiger partial charge in [0.25, 0.3) is 0 Å². The van der Waals surface area contributed by atoms with Crippen molar-refractivity contribution in [2.75, 3.05) is 14.2 Å². The van der Waals surface area contributed by atoms with Crippen LogP contribution in [0.1, 0.15) is 82.5 Å². The Hall–Kier alpha value is -2.63. The van der Waals surface area contributed by atoms with Gasteiger partial charge in [-0.05, 0) is 94.2 Å². The van der Waals surface area contributed by atoms with Crippen LogP contribution in [-0.2, 0) is 20.9 Å². The third-order valence-corrected chi connectivity index (χ3v) is 7.40. The first-order valence-corrected chi connectivity index (χ1v) is 11.7. The summed E-state index contributed by atoms with van der Waals surface area (Å²) in [6.07, 6.45) is 2.10. The number of aryl methyl sites for hydroxylation is 1. The molecule has 0 saturated heterocycles. The number of aromatic nitrogens is 1. The van der Waals surface area contributed by atoms with Gasteiger partial charge in [0, 0.05) is 37.9 Å². The number of ether oxygens (including phenoxy) is 1. The molecule has 1 aromatic carbocycles. The van der Waals surface area contributed by atoms with Gasteiger partial charge in [-0.15, -0.1) is 0 Å². The van der Waals surface area contributed by atoms with Gasteiger partial charge in [0.15, 0.2) is 0 Å². The molecule has 6 heteroatoms. The second-order valence-electron chi connectivity index (χ2n) is 9.34. The second kappa shape index (κ2) is 11.0. The van der Waals surface area contributed by atoms with Crippen LogP contribution in [0.25, 0.3) is 0 Å². The average molecular weight is 457 g/mol. The number of nitrogens with zero attached hydrogens (tertiary/aromatic N) is 2. The Labute approximate surface area is 198 Å². The first-order chi connectivity index (χ1) is 15.4. The molecule has 1 aromatic heterocycles. The maximum Gasteiger partial charge on any atom is 0.305 e. The van der Waals surface area contributed by atoms with Crippen molar-refractivity contribution in [1.82, 2.24) is 10.1 Å². The fraction of sp³-hybridized carbons (Fsp3) is 0.593. The Morgan fingerprint density at radius 2 is 1.52 bits per heavy atom. The van der Waals surface area contributed by atoms with Crippen molar-refractivity contribution in [3.8, 4) is 0 Å². The first-order valence-electron chi connectivity index (χ1n) is 11.7. The van der Waals surface area contributed by atoms with E-state index in [1.165, 1.54) is 40.5 Å². The lowest BCUT2D eigenvalue weighted by Gasteiger charge is -2.24. The zero-order valence-corrected chi connectivity index (χ0v) is 22.0. The highest BCUT2D eigenvalue weighted by molar-refractivity contribution is 5.77. The molecule has 0 N–H and O–H groups in total. The van der Waals surface area contributed by atoms with Crippen molar-refractivity contribution in [2.45, 2.75) is 87.1 Å². The van der Waals surface area contributed by atoms with E-state index in [0.29, 0.717) is 31.2 Å². The number of hydrogen-bond donors (Lipinski definition) is 0. The van der Waals surface area contributed by atoms with Crippen molar-refractivity contribution in [1.29, 1.82) is 0 Å². The van der Waals surface area contributed by atoms with Crippen molar-refractivity contribution < 1.29 is 18.8 Å². The van der Waals surface area contributed by atoms with E-state index in [4.69, 9.17) is 4.52 Å². The number of hydrogen-bond acceptors (Lipinski definition) is 5. The van der Waals surface area contributed by atoms with Gasteiger partial charge in [-0.25, -0.2) is 0 Å².